The van der Waals surface area contributed by atoms with Crippen LogP contribution in [0.1, 0.15) is 27.2 Å². The van der Waals surface area contributed by atoms with Gasteiger partial charge >= 0.3 is 6.18 Å². The normalized spacial score (nSPS) is 11.8. The molecule has 0 aliphatic heterocycles. The van der Waals surface area contributed by atoms with Crippen molar-refractivity contribution in [1.29, 1.82) is 0 Å². The number of anilines is 1. The molecule has 3 rings (SSSR count). The van der Waals surface area contributed by atoms with Gasteiger partial charge in [-0.3, -0.25) is 4.79 Å². The molecule has 0 bridgehead atoms. The highest BCUT2D eigenvalue weighted by atomic mass is 32.2. The summed E-state index contributed by atoms with van der Waals surface area (Å²) in [5.41, 5.74) is -2.46. The Balaban J connectivity index is 2.12. The number of nitrogens with one attached hydrogen (secondary N) is 1. The average Bonchev–Trinajstić information content (AvgIpc) is 2.75. The Kier molecular flexibility index (Phi) is 7.01. The number of methoxy groups -OCH3 is 1. The molecule has 0 aliphatic carbocycles. The SMILES string of the molecule is COc1c(Oc2nnc(C(F)(F)F)c(C)c2C(=O)Nc2cccc(S(C)(=O)=O)c2)ccc(C)c1F. The summed E-state index contributed by atoms with van der Waals surface area (Å²) < 4.78 is 88.9. The zero-order valence-electron chi connectivity index (χ0n) is 18.8. The smallest absolute Gasteiger partial charge is 0.435 e. The maximum Gasteiger partial charge on any atom is 0.435 e. The molecule has 13 heteroatoms. The number of sulfone groups is 1. The van der Waals surface area contributed by atoms with Crippen molar-refractivity contribution in [2.75, 3.05) is 18.7 Å². The quantitative estimate of drug-likeness (QED) is 0.476. The molecule has 0 aliphatic rings. The van der Waals surface area contributed by atoms with Crippen LogP contribution in [-0.4, -0.2) is 37.9 Å². The molecule has 8 nitrogen and oxygen atoms in total. The van der Waals surface area contributed by atoms with Crippen molar-refractivity contribution in [2.45, 2.75) is 24.9 Å². The van der Waals surface area contributed by atoms with Crippen LogP contribution in [0.15, 0.2) is 41.3 Å². The van der Waals surface area contributed by atoms with E-state index < -0.39 is 50.4 Å². The van der Waals surface area contributed by atoms with Crippen molar-refractivity contribution in [3.63, 3.8) is 0 Å². The minimum absolute atomic E-state index is 0.00685. The molecule has 1 aromatic heterocycles. The van der Waals surface area contributed by atoms with Crippen LogP contribution in [0.3, 0.4) is 0 Å². The molecule has 3 aromatic rings. The standard InChI is InChI=1S/C22H19F4N3O5S/c1-11-8-9-15(18(33-3)17(11)23)34-21-16(12(2)19(28-29-21)22(24,25)26)20(30)27-13-6-5-7-14(10-13)35(4,31)32/h5-10H,1-4H3,(H,27,30). The molecule has 1 amide bonds. The van der Waals surface area contributed by atoms with E-state index in [4.69, 9.17) is 9.47 Å². The summed E-state index contributed by atoms with van der Waals surface area (Å²) in [4.78, 5) is 13.0. The molecule has 0 radical (unpaired) electrons. The molecule has 0 unspecified atom stereocenters. The summed E-state index contributed by atoms with van der Waals surface area (Å²) >= 11 is 0. The van der Waals surface area contributed by atoms with E-state index in [1.54, 1.807) is 0 Å². The highest BCUT2D eigenvalue weighted by molar-refractivity contribution is 7.90. The fourth-order valence-corrected chi connectivity index (χ4v) is 3.78. The number of carbonyl (C=O) groups is 1. The lowest BCUT2D eigenvalue weighted by Crippen LogP contribution is -2.21. The lowest BCUT2D eigenvalue weighted by molar-refractivity contribution is -0.142. The number of halogens is 4. The Morgan fingerprint density at radius 2 is 1.77 bits per heavy atom. The van der Waals surface area contributed by atoms with Crippen molar-refractivity contribution in [2.24, 2.45) is 0 Å². The molecule has 0 atom stereocenters. The summed E-state index contributed by atoms with van der Waals surface area (Å²) in [5, 5.41) is 8.91. The van der Waals surface area contributed by atoms with Crippen molar-refractivity contribution in [3.8, 4) is 17.4 Å². The van der Waals surface area contributed by atoms with Crippen LogP contribution in [0.4, 0.5) is 23.2 Å². The fourth-order valence-electron chi connectivity index (χ4n) is 3.12. The average molecular weight is 513 g/mol. The van der Waals surface area contributed by atoms with E-state index in [0.717, 1.165) is 26.4 Å². The van der Waals surface area contributed by atoms with E-state index in [-0.39, 0.29) is 27.6 Å². The van der Waals surface area contributed by atoms with E-state index >= 15 is 0 Å². The van der Waals surface area contributed by atoms with Crippen LogP contribution in [0.2, 0.25) is 0 Å². The molecule has 186 valence electrons. The first-order chi connectivity index (χ1) is 16.2. The number of rotatable bonds is 6. The summed E-state index contributed by atoms with van der Waals surface area (Å²) in [5.74, 6) is -3.11. The third kappa shape index (κ3) is 5.50. The molecule has 0 saturated carbocycles. The van der Waals surface area contributed by atoms with Gasteiger partial charge in [0.1, 0.15) is 5.56 Å². The minimum Gasteiger partial charge on any atom is -0.490 e. The summed E-state index contributed by atoms with van der Waals surface area (Å²) in [6, 6.07) is 7.76. The van der Waals surface area contributed by atoms with Crippen molar-refractivity contribution >= 4 is 21.4 Å². The summed E-state index contributed by atoms with van der Waals surface area (Å²) in [7, 11) is -2.46. The first-order valence-corrected chi connectivity index (χ1v) is 11.7. The lowest BCUT2D eigenvalue weighted by Gasteiger charge is -2.17. The van der Waals surface area contributed by atoms with Gasteiger partial charge in [0.15, 0.2) is 32.8 Å². The number of alkyl halides is 3. The van der Waals surface area contributed by atoms with Crippen LogP contribution < -0.4 is 14.8 Å². The van der Waals surface area contributed by atoms with Crippen molar-refractivity contribution in [1.82, 2.24) is 10.2 Å². The predicted molar refractivity (Wildman–Crippen MR) is 117 cm³/mol. The predicted octanol–water partition coefficient (Wildman–Crippen LogP) is 4.71. The largest absolute Gasteiger partial charge is 0.490 e. The van der Waals surface area contributed by atoms with Gasteiger partial charge in [-0.1, -0.05) is 12.1 Å². The van der Waals surface area contributed by atoms with Gasteiger partial charge in [-0.15, -0.1) is 10.2 Å². The van der Waals surface area contributed by atoms with Gasteiger partial charge in [-0.2, -0.15) is 13.2 Å². The Morgan fingerprint density at radius 1 is 1.09 bits per heavy atom. The van der Waals surface area contributed by atoms with Crippen LogP contribution in [0, 0.1) is 19.7 Å². The van der Waals surface area contributed by atoms with E-state index in [0.29, 0.717) is 0 Å². The number of aromatic nitrogens is 2. The van der Waals surface area contributed by atoms with Crippen molar-refractivity contribution < 1.29 is 40.2 Å². The van der Waals surface area contributed by atoms with E-state index in [1.165, 1.54) is 37.3 Å². The van der Waals surface area contributed by atoms with Crippen LogP contribution in [0.5, 0.6) is 17.4 Å². The van der Waals surface area contributed by atoms with Gasteiger partial charge in [0, 0.05) is 11.9 Å². The number of ether oxygens (including phenoxy) is 2. The summed E-state index contributed by atoms with van der Waals surface area (Å²) in [6.45, 7) is 2.46. The van der Waals surface area contributed by atoms with Gasteiger partial charge in [-0.25, -0.2) is 12.8 Å². The minimum atomic E-state index is -4.94. The van der Waals surface area contributed by atoms with Crippen LogP contribution >= 0.6 is 0 Å². The van der Waals surface area contributed by atoms with E-state index in [9.17, 15) is 30.8 Å². The number of carbonyl (C=O) groups excluding carboxylic acids is 1. The highest BCUT2D eigenvalue weighted by Crippen LogP contribution is 2.38. The lowest BCUT2D eigenvalue weighted by atomic mass is 10.1. The number of benzene rings is 2. The number of nitrogens with zero attached hydrogens (tertiary/aromatic N) is 2. The second-order valence-corrected chi connectivity index (χ2v) is 9.45. The Bertz CT molecular complexity index is 1410. The monoisotopic (exact) mass is 513 g/mol. The molecule has 35 heavy (non-hydrogen) atoms. The molecule has 1 heterocycles. The fraction of sp³-hybridized carbons (Fsp3) is 0.227. The molecule has 0 saturated heterocycles. The van der Waals surface area contributed by atoms with Gasteiger partial charge in [-0.05, 0) is 49.2 Å². The Labute approximate surface area is 197 Å². The zero-order chi connectivity index (χ0) is 26.1. The Morgan fingerprint density at radius 3 is 2.37 bits per heavy atom. The first-order valence-electron chi connectivity index (χ1n) is 9.81. The maximum absolute atomic E-state index is 14.4. The van der Waals surface area contributed by atoms with Gasteiger partial charge in [0.05, 0.1) is 12.0 Å². The van der Waals surface area contributed by atoms with Gasteiger partial charge < -0.3 is 14.8 Å². The van der Waals surface area contributed by atoms with Crippen LogP contribution in [0.25, 0.3) is 0 Å². The topological polar surface area (TPSA) is 107 Å². The highest BCUT2D eigenvalue weighted by Gasteiger charge is 2.38. The number of hydrogen-bond acceptors (Lipinski definition) is 7. The summed E-state index contributed by atoms with van der Waals surface area (Å²) in [6.07, 6.45) is -3.98. The molecule has 2 aromatic carbocycles. The van der Waals surface area contributed by atoms with Crippen LogP contribution in [-0.2, 0) is 16.0 Å². The Hall–Kier alpha value is -3.74. The second-order valence-electron chi connectivity index (χ2n) is 7.44. The number of hydrogen-bond donors (Lipinski definition) is 1. The molecule has 0 fully saturated rings. The third-order valence-electron chi connectivity index (χ3n) is 4.87. The van der Waals surface area contributed by atoms with Gasteiger partial charge in [0.25, 0.3) is 11.8 Å². The van der Waals surface area contributed by atoms with Gasteiger partial charge in [0.2, 0.25) is 0 Å². The molecule has 0 spiro atoms. The number of amides is 1. The van der Waals surface area contributed by atoms with Crippen molar-refractivity contribution in [3.05, 3.63) is 64.6 Å². The first kappa shape index (κ1) is 25.9. The molecular weight excluding hydrogens is 494 g/mol. The molecule has 1 N–H and O–H groups in total. The van der Waals surface area contributed by atoms with E-state index in [1.807, 2.05) is 0 Å². The number of aryl methyl sites for hydroxylation is 1. The van der Waals surface area contributed by atoms with E-state index in [2.05, 4.69) is 15.5 Å². The second kappa shape index (κ2) is 9.49. The molecular formula is C22H19F4N3O5S. The third-order valence-corrected chi connectivity index (χ3v) is 5.98. The maximum atomic E-state index is 14.4. The zero-order valence-corrected chi connectivity index (χ0v) is 19.6.